The van der Waals surface area contributed by atoms with Crippen molar-refractivity contribution in [3.05, 3.63) is 27.9 Å². The van der Waals surface area contributed by atoms with E-state index >= 15 is 0 Å². The van der Waals surface area contributed by atoms with Gasteiger partial charge in [-0.2, -0.15) is 0 Å². The van der Waals surface area contributed by atoms with Gasteiger partial charge in [0.05, 0.1) is 5.69 Å². The second-order valence-electron chi connectivity index (χ2n) is 4.51. The van der Waals surface area contributed by atoms with Crippen molar-refractivity contribution in [1.29, 1.82) is 0 Å². The lowest BCUT2D eigenvalue weighted by Crippen LogP contribution is -2.27. The highest BCUT2D eigenvalue weighted by molar-refractivity contribution is 5.15. The number of hydrogen-bond donors (Lipinski definition) is 1. The highest BCUT2D eigenvalue weighted by Gasteiger charge is 2.29. The summed E-state index contributed by atoms with van der Waals surface area (Å²) in [6, 6.07) is 1.59. The Morgan fingerprint density at radius 1 is 1.53 bits per heavy atom. The third kappa shape index (κ3) is 2.09. The average Bonchev–Trinajstić information content (AvgIpc) is 3.00. The zero-order valence-electron chi connectivity index (χ0n) is 9.33. The Hall–Kier alpha value is -1.16. The molecule has 0 atom stereocenters. The van der Waals surface area contributed by atoms with Crippen LogP contribution in [0.2, 0.25) is 0 Å². The van der Waals surface area contributed by atoms with Gasteiger partial charge in [0.25, 0.3) is 5.56 Å². The quantitative estimate of drug-likeness (QED) is 0.819. The molecule has 0 saturated heterocycles. The van der Waals surface area contributed by atoms with Gasteiger partial charge in [-0.15, -0.1) is 0 Å². The van der Waals surface area contributed by atoms with E-state index in [1.807, 2.05) is 13.8 Å². The fraction of sp³-hybridized carbons (Fsp3) is 0.636. The Kier molecular flexibility index (Phi) is 2.38. The normalized spacial score (nSPS) is 16.7. The Bertz CT molecular complexity index is 419. The zero-order valence-corrected chi connectivity index (χ0v) is 9.33. The van der Waals surface area contributed by atoms with Crippen molar-refractivity contribution in [2.75, 3.05) is 7.11 Å². The molecule has 1 aromatic rings. The summed E-state index contributed by atoms with van der Waals surface area (Å²) in [4.78, 5) is 18.6. The standard InChI is InChI=1S/C11H16N2O2/c1-11(2,15-3)10-12-8(7-4-5-7)6-9(14)13-10/h6-7H,4-5H2,1-3H3,(H,12,13,14). The number of methoxy groups -OCH3 is 1. The minimum atomic E-state index is -0.538. The van der Waals surface area contributed by atoms with Gasteiger partial charge >= 0.3 is 0 Å². The van der Waals surface area contributed by atoms with Gasteiger partial charge in [-0.1, -0.05) is 0 Å². The zero-order chi connectivity index (χ0) is 11.1. The van der Waals surface area contributed by atoms with Gasteiger partial charge in [0.2, 0.25) is 0 Å². The molecule has 0 aromatic carbocycles. The first-order valence-electron chi connectivity index (χ1n) is 5.20. The lowest BCUT2D eigenvalue weighted by molar-refractivity contribution is 0.0111. The van der Waals surface area contributed by atoms with E-state index in [1.165, 1.54) is 0 Å². The van der Waals surface area contributed by atoms with Gasteiger partial charge in [-0.25, -0.2) is 4.98 Å². The van der Waals surface area contributed by atoms with Crippen LogP contribution < -0.4 is 5.56 Å². The van der Waals surface area contributed by atoms with E-state index in [0.29, 0.717) is 11.7 Å². The summed E-state index contributed by atoms with van der Waals surface area (Å²) < 4.78 is 5.30. The monoisotopic (exact) mass is 208 g/mol. The number of hydrogen-bond acceptors (Lipinski definition) is 3. The van der Waals surface area contributed by atoms with Crippen LogP contribution in [0.25, 0.3) is 0 Å². The molecule has 15 heavy (non-hydrogen) atoms. The molecule has 1 aliphatic rings. The number of H-pyrrole nitrogens is 1. The number of nitrogens with zero attached hydrogens (tertiary/aromatic N) is 1. The largest absolute Gasteiger partial charge is 0.371 e. The summed E-state index contributed by atoms with van der Waals surface area (Å²) >= 11 is 0. The predicted molar refractivity (Wildman–Crippen MR) is 56.9 cm³/mol. The van der Waals surface area contributed by atoms with Crippen LogP contribution in [0.3, 0.4) is 0 Å². The molecule has 2 rings (SSSR count). The van der Waals surface area contributed by atoms with Crippen LogP contribution in [0.15, 0.2) is 10.9 Å². The van der Waals surface area contributed by atoms with Gasteiger partial charge in [-0.3, -0.25) is 4.79 Å². The van der Waals surface area contributed by atoms with Crippen LogP contribution in [-0.4, -0.2) is 17.1 Å². The molecular weight excluding hydrogens is 192 g/mol. The number of ether oxygens (including phenoxy) is 1. The van der Waals surface area contributed by atoms with Crippen LogP contribution in [0.5, 0.6) is 0 Å². The Morgan fingerprint density at radius 3 is 2.73 bits per heavy atom. The van der Waals surface area contributed by atoms with E-state index in [9.17, 15) is 4.79 Å². The molecular formula is C11H16N2O2. The predicted octanol–water partition coefficient (Wildman–Crippen LogP) is 1.53. The maximum Gasteiger partial charge on any atom is 0.251 e. The van der Waals surface area contributed by atoms with Gasteiger partial charge in [-0.05, 0) is 26.7 Å². The number of aromatic nitrogens is 2. The topological polar surface area (TPSA) is 55.0 Å². The Morgan fingerprint density at radius 2 is 2.20 bits per heavy atom. The molecule has 1 saturated carbocycles. The molecule has 1 aromatic heterocycles. The Labute approximate surface area is 88.7 Å². The highest BCUT2D eigenvalue weighted by atomic mass is 16.5. The van der Waals surface area contributed by atoms with Crippen LogP contribution in [0.4, 0.5) is 0 Å². The van der Waals surface area contributed by atoms with E-state index in [0.717, 1.165) is 18.5 Å². The minimum absolute atomic E-state index is 0.0907. The van der Waals surface area contributed by atoms with Crippen molar-refractivity contribution in [2.24, 2.45) is 0 Å². The SMILES string of the molecule is COC(C)(C)c1nc(C2CC2)cc(=O)[nH]1. The molecule has 0 bridgehead atoms. The second-order valence-corrected chi connectivity index (χ2v) is 4.51. The highest BCUT2D eigenvalue weighted by Crippen LogP contribution is 2.38. The van der Waals surface area contributed by atoms with Crippen LogP contribution in [0, 0.1) is 0 Å². The summed E-state index contributed by atoms with van der Waals surface area (Å²) in [6.45, 7) is 3.78. The van der Waals surface area contributed by atoms with Crippen molar-refractivity contribution in [2.45, 2.75) is 38.2 Å². The second kappa shape index (κ2) is 3.45. The van der Waals surface area contributed by atoms with E-state index in [1.54, 1.807) is 13.2 Å². The van der Waals surface area contributed by atoms with Crippen molar-refractivity contribution >= 4 is 0 Å². The lowest BCUT2D eigenvalue weighted by atomic mass is 10.1. The third-order valence-electron chi connectivity index (χ3n) is 2.84. The molecule has 1 aliphatic carbocycles. The molecule has 1 fully saturated rings. The summed E-state index contributed by atoms with van der Waals surface area (Å²) in [5.41, 5.74) is 0.273. The average molecular weight is 208 g/mol. The van der Waals surface area contributed by atoms with E-state index in [4.69, 9.17) is 4.74 Å². The summed E-state index contributed by atoms with van der Waals surface area (Å²) in [5, 5.41) is 0. The molecule has 0 amide bonds. The molecule has 1 heterocycles. The molecule has 1 N–H and O–H groups in total. The van der Waals surface area contributed by atoms with Crippen molar-refractivity contribution in [3.8, 4) is 0 Å². The molecule has 0 radical (unpaired) electrons. The number of aromatic amines is 1. The molecule has 0 aliphatic heterocycles. The third-order valence-corrected chi connectivity index (χ3v) is 2.84. The maximum atomic E-state index is 11.5. The summed E-state index contributed by atoms with van der Waals surface area (Å²) in [7, 11) is 1.61. The van der Waals surface area contributed by atoms with Crippen LogP contribution >= 0.6 is 0 Å². The van der Waals surface area contributed by atoms with E-state index < -0.39 is 5.60 Å². The minimum Gasteiger partial charge on any atom is -0.371 e. The molecule has 4 heteroatoms. The number of rotatable bonds is 3. The lowest BCUT2D eigenvalue weighted by Gasteiger charge is -2.21. The first-order chi connectivity index (χ1) is 7.03. The van der Waals surface area contributed by atoms with Crippen molar-refractivity contribution < 1.29 is 4.74 Å². The molecule has 82 valence electrons. The van der Waals surface area contributed by atoms with E-state index in [-0.39, 0.29) is 5.56 Å². The first-order valence-corrected chi connectivity index (χ1v) is 5.20. The smallest absolute Gasteiger partial charge is 0.251 e. The summed E-state index contributed by atoms with van der Waals surface area (Å²) in [5.74, 6) is 1.10. The molecule has 0 spiro atoms. The molecule has 0 unspecified atom stereocenters. The van der Waals surface area contributed by atoms with Gasteiger partial charge < -0.3 is 9.72 Å². The van der Waals surface area contributed by atoms with Gasteiger partial charge in [0, 0.05) is 19.1 Å². The fourth-order valence-electron chi connectivity index (χ4n) is 1.45. The van der Waals surface area contributed by atoms with Crippen LogP contribution in [0.1, 0.15) is 44.1 Å². The van der Waals surface area contributed by atoms with Crippen molar-refractivity contribution in [1.82, 2.24) is 9.97 Å². The first kappa shape index (κ1) is 10.4. The van der Waals surface area contributed by atoms with Gasteiger partial charge in [0.15, 0.2) is 0 Å². The molecule has 4 nitrogen and oxygen atoms in total. The fourth-order valence-corrected chi connectivity index (χ4v) is 1.45. The summed E-state index contributed by atoms with van der Waals surface area (Å²) in [6.07, 6.45) is 2.28. The maximum absolute atomic E-state index is 11.5. The number of nitrogens with one attached hydrogen (secondary N) is 1. The van der Waals surface area contributed by atoms with Crippen molar-refractivity contribution in [3.63, 3.8) is 0 Å². The van der Waals surface area contributed by atoms with E-state index in [2.05, 4.69) is 9.97 Å². The van der Waals surface area contributed by atoms with Crippen LogP contribution in [-0.2, 0) is 10.3 Å². The van der Waals surface area contributed by atoms with Gasteiger partial charge in [0.1, 0.15) is 11.4 Å². The Balaban J connectivity index is 2.43.